The maximum absolute atomic E-state index is 11.3. The topological polar surface area (TPSA) is 69.6 Å². The van der Waals surface area contributed by atoms with Gasteiger partial charge >= 0.3 is 5.97 Å². The number of hydrogen-bond acceptors (Lipinski definition) is 3. The number of carbonyl (C=O) groups excluding carboxylic acids is 1. The molecule has 1 aromatic carbocycles. The molecule has 5 nitrogen and oxygen atoms in total. The maximum atomic E-state index is 11.3. The number of carboxylic acid groups (broad SMARTS) is 1. The van der Waals surface area contributed by atoms with Gasteiger partial charge in [-0.05, 0) is 36.6 Å². The molecule has 0 aromatic heterocycles. The van der Waals surface area contributed by atoms with Crippen LogP contribution in [-0.4, -0.2) is 30.6 Å². The van der Waals surface area contributed by atoms with Gasteiger partial charge in [0.25, 0.3) is 0 Å². The molecule has 2 N–H and O–H groups in total. The minimum Gasteiger partial charge on any atom is -0.481 e. The third-order valence-corrected chi connectivity index (χ3v) is 4.00. The van der Waals surface area contributed by atoms with Crippen LogP contribution in [0.15, 0.2) is 18.2 Å². The van der Waals surface area contributed by atoms with Crippen LogP contribution in [0.2, 0.25) is 0 Å². The van der Waals surface area contributed by atoms with Crippen LogP contribution >= 0.6 is 0 Å². The van der Waals surface area contributed by atoms with E-state index in [2.05, 4.69) is 5.32 Å². The van der Waals surface area contributed by atoms with Crippen molar-refractivity contribution in [2.24, 2.45) is 5.41 Å². The van der Waals surface area contributed by atoms with Gasteiger partial charge in [-0.25, -0.2) is 0 Å². The minimum absolute atomic E-state index is 0.0130. The van der Waals surface area contributed by atoms with E-state index < -0.39 is 11.4 Å². The molecule has 0 bridgehead atoms. The van der Waals surface area contributed by atoms with Crippen molar-refractivity contribution < 1.29 is 14.7 Å². The molecule has 3 rings (SSSR count). The molecule has 1 aliphatic carbocycles. The molecular formula is C14H16N2O3. The molecule has 1 aromatic rings. The number of rotatable bonds is 4. The fourth-order valence-electron chi connectivity index (χ4n) is 2.59. The van der Waals surface area contributed by atoms with E-state index >= 15 is 0 Å². The zero-order valence-electron chi connectivity index (χ0n) is 10.8. The third kappa shape index (κ3) is 2.05. The zero-order chi connectivity index (χ0) is 13.6. The summed E-state index contributed by atoms with van der Waals surface area (Å²) >= 11 is 0. The van der Waals surface area contributed by atoms with Crippen LogP contribution < -0.4 is 10.2 Å². The van der Waals surface area contributed by atoms with Crippen molar-refractivity contribution in [2.45, 2.75) is 19.3 Å². The van der Waals surface area contributed by atoms with Gasteiger partial charge in [-0.3, -0.25) is 9.59 Å². The Kier molecular flexibility index (Phi) is 2.52. The Bertz CT molecular complexity index is 564. The Labute approximate surface area is 111 Å². The van der Waals surface area contributed by atoms with Crippen LogP contribution in [-0.2, 0) is 16.0 Å². The number of nitrogens with zero attached hydrogens (tertiary/aromatic N) is 1. The lowest BCUT2D eigenvalue weighted by atomic mass is 10.1. The highest BCUT2D eigenvalue weighted by Gasteiger charge is 2.50. The largest absolute Gasteiger partial charge is 0.481 e. The van der Waals surface area contributed by atoms with Crippen LogP contribution in [0.4, 0.5) is 11.4 Å². The second-order valence-corrected chi connectivity index (χ2v) is 5.51. The molecule has 0 unspecified atom stereocenters. The fourth-order valence-corrected chi connectivity index (χ4v) is 2.59. The van der Waals surface area contributed by atoms with E-state index in [0.29, 0.717) is 13.0 Å². The molecule has 0 radical (unpaired) electrons. The molecule has 5 heteroatoms. The summed E-state index contributed by atoms with van der Waals surface area (Å²) in [6.45, 7) is 0.516. The van der Waals surface area contributed by atoms with Gasteiger partial charge in [-0.2, -0.15) is 0 Å². The molecule has 1 heterocycles. The van der Waals surface area contributed by atoms with E-state index in [0.717, 1.165) is 29.8 Å². The van der Waals surface area contributed by atoms with Crippen LogP contribution in [0.3, 0.4) is 0 Å². The summed E-state index contributed by atoms with van der Waals surface area (Å²) in [5.41, 5.74) is 2.24. The van der Waals surface area contributed by atoms with E-state index in [4.69, 9.17) is 0 Å². The quantitative estimate of drug-likeness (QED) is 0.860. The predicted octanol–water partition coefficient (Wildman–Crippen LogP) is 1.48. The van der Waals surface area contributed by atoms with Gasteiger partial charge in [0.2, 0.25) is 5.91 Å². The first-order chi connectivity index (χ1) is 9.00. The molecule has 19 heavy (non-hydrogen) atoms. The molecule has 1 aliphatic heterocycles. The summed E-state index contributed by atoms with van der Waals surface area (Å²) in [4.78, 5) is 24.5. The van der Waals surface area contributed by atoms with Crippen molar-refractivity contribution in [3.8, 4) is 0 Å². The highest BCUT2D eigenvalue weighted by atomic mass is 16.4. The normalized spacial score (nSPS) is 18.7. The van der Waals surface area contributed by atoms with Crippen molar-refractivity contribution in [3.63, 3.8) is 0 Å². The molecule has 1 fully saturated rings. The van der Waals surface area contributed by atoms with E-state index in [1.165, 1.54) is 0 Å². The molecule has 2 aliphatic rings. The van der Waals surface area contributed by atoms with Crippen LogP contribution in [0.1, 0.15) is 18.4 Å². The van der Waals surface area contributed by atoms with Crippen LogP contribution in [0.25, 0.3) is 0 Å². The average molecular weight is 260 g/mol. The summed E-state index contributed by atoms with van der Waals surface area (Å²) < 4.78 is 0. The number of carboxylic acids is 1. The first-order valence-corrected chi connectivity index (χ1v) is 6.37. The average Bonchev–Trinajstić information content (AvgIpc) is 3.03. The Morgan fingerprint density at radius 1 is 1.47 bits per heavy atom. The van der Waals surface area contributed by atoms with Crippen molar-refractivity contribution in [1.29, 1.82) is 0 Å². The number of fused-ring (bicyclic) bond motifs is 1. The van der Waals surface area contributed by atoms with Gasteiger partial charge in [-0.15, -0.1) is 0 Å². The lowest BCUT2D eigenvalue weighted by Crippen LogP contribution is -2.31. The van der Waals surface area contributed by atoms with Gasteiger partial charge in [0, 0.05) is 25.0 Å². The van der Waals surface area contributed by atoms with Crippen LogP contribution in [0.5, 0.6) is 0 Å². The van der Waals surface area contributed by atoms with E-state index in [1.807, 2.05) is 30.1 Å². The lowest BCUT2D eigenvalue weighted by molar-refractivity contribution is -0.142. The number of amides is 1. The maximum Gasteiger partial charge on any atom is 0.311 e. The standard InChI is InChI=1S/C14H16N2O3/c1-16(8-14(4-5-14)13(18)19)10-2-3-11-9(6-10)7-12(17)15-11/h2-3,6H,4-5,7-8H2,1H3,(H,15,17)(H,18,19). The smallest absolute Gasteiger partial charge is 0.311 e. The van der Waals surface area contributed by atoms with Gasteiger partial charge in [-0.1, -0.05) is 0 Å². The lowest BCUT2D eigenvalue weighted by Gasteiger charge is -2.23. The summed E-state index contributed by atoms with van der Waals surface area (Å²) in [5, 5.41) is 12.0. The summed E-state index contributed by atoms with van der Waals surface area (Å²) in [7, 11) is 1.90. The SMILES string of the molecule is CN(CC1(C(=O)O)CC1)c1ccc2c(c1)CC(=O)N2. The molecule has 100 valence electrons. The molecule has 0 atom stereocenters. The highest BCUT2D eigenvalue weighted by molar-refractivity contribution is 5.99. The second-order valence-electron chi connectivity index (χ2n) is 5.51. The predicted molar refractivity (Wildman–Crippen MR) is 71.3 cm³/mol. The van der Waals surface area contributed by atoms with Gasteiger partial charge in [0.15, 0.2) is 0 Å². The summed E-state index contributed by atoms with van der Waals surface area (Å²) in [6.07, 6.45) is 1.90. The third-order valence-electron chi connectivity index (χ3n) is 4.00. The Balaban J connectivity index is 1.78. The number of benzene rings is 1. The first kappa shape index (κ1) is 12.0. The molecule has 1 saturated carbocycles. The Morgan fingerprint density at radius 2 is 2.21 bits per heavy atom. The first-order valence-electron chi connectivity index (χ1n) is 6.37. The molecule has 1 amide bonds. The Morgan fingerprint density at radius 3 is 2.84 bits per heavy atom. The summed E-state index contributed by atoms with van der Waals surface area (Å²) in [5.74, 6) is -0.698. The molecule has 0 saturated heterocycles. The van der Waals surface area contributed by atoms with Crippen molar-refractivity contribution >= 4 is 23.3 Å². The fraction of sp³-hybridized carbons (Fsp3) is 0.429. The monoisotopic (exact) mass is 260 g/mol. The molecular weight excluding hydrogens is 244 g/mol. The van der Waals surface area contributed by atoms with Gasteiger partial charge in [0.1, 0.15) is 0 Å². The number of anilines is 2. The van der Waals surface area contributed by atoms with Gasteiger partial charge in [0.05, 0.1) is 11.8 Å². The van der Waals surface area contributed by atoms with Crippen molar-refractivity contribution in [2.75, 3.05) is 23.8 Å². The number of aliphatic carboxylic acids is 1. The minimum atomic E-state index is -0.711. The Hall–Kier alpha value is -2.04. The van der Waals surface area contributed by atoms with Crippen molar-refractivity contribution in [1.82, 2.24) is 0 Å². The van der Waals surface area contributed by atoms with E-state index in [1.54, 1.807) is 0 Å². The molecule has 0 spiro atoms. The summed E-state index contributed by atoms with van der Waals surface area (Å²) in [6, 6.07) is 5.76. The van der Waals surface area contributed by atoms with E-state index in [-0.39, 0.29) is 5.91 Å². The van der Waals surface area contributed by atoms with Crippen molar-refractivity contribution in [3.05, 3.63) is 23.8 Å². The number of nitrogens with one attached hydrogen (secondary N) is 1. The number of carbonyl (C=O) groups is 2. The second kappa shape index (κ2) is 3.98. The number of hydrogen-bond donors (Lipinski definition) is 2. The highest BCUT2D eigenvalue weighted by Crippen LogP contribution is 2.47. The van der Waals surface area contributed by atoms with E-state index in [9.17, 15) is 14.7 Å². The van der Waals surface area contributed by atoms with Gasteiger partial charge < -0.3 is 15.3 Å². The van der Waals surface area contributed by atoms with Crippen LogP contribution in [0, 0.1) is 5.41 Å². The zero-order valence-corrected chi connectivity index (χ0v) is 10.8.